The molecule has 0 fully saturated rings. The molecule has 0 amide bonds. The zero-order valence-corrected chi connectivity index (χ0v) is 8.47. The van der Waals surface area contributed by atoms with Gasteiger partial charge < -0.3 is 9.84 Å². The Bertz CT molecular complexity index is 169. The molecular weight excluding hydrogens is 156 g/mol. The van der Waals surface area contributed by atoms with E-state index in [1.165, 1.54) is 0 Å². The summed E-state index contributed by atoms with van der Waals surface area (Å²) in [5.41, 5.74) is -1.47. The van der Waals surface area contributed by atoms with Gasteiger partial charge in [0.05, 0.1) is 5.60 Å². The first-order valence-electron chi connectivity index (χ1n) is 4.15. The lowest BCUT2D eigenvalue weighted by molar-refractivity contribution is -0.181. The van der Waals surface area contributed by atoms with Gasteiger partial charge in [0, 0.05) is 0 Å². The average molecular weight is 174 g/mol. The number of ether oxygens (including phenoxy) is 1. The minimum atomic E-state index is -1.06. The maximum absolute atomic E-state index is 10.8. The summed E-state index contributed by atoms with van der Waals surface area (Å²) in [5, 5.41) is 8.87. The Hall–Kier alpha value is -0.570. The lowest BCUT2D eigenvalue weighted by Crippen LogP contribution is -2.43. The van der Waals surface area contributed by atoms with Gasteiger partial charge in [0.25, 0.3) is 0 Å². The highest BCUT2D eigenvalue weighted by Gasteiger charge is 2.36. The molecule has 0 aliphatic heterocycles. The SMILES string of the molecule is CCC(C)(OC(C)(C)C)C(=O)O. The summed E-state index contributed by atoms with van der Waals surface area (Å²) in [6, 6.07) is 0. The van der Waals surface area contributed by atoms with E-state index in [2.05, 4.69) is 0 Å². The Morgan fingerprint density at radius 2 is 1.75 bits per heavy atom. The van der Waals surface area contributed by atoms with Crippen LogP contribution in [0.1, 0.15) is 41.0 Å². The van der Waals surface area contributed by atoms with Gasteiger partial charge in [-0.3, -0.25) is 0 Å². The van der Waals surface area contributed by atoms with Crippen molar-refractivity contribution in [2.45, 2.75) is 52.2 Å². The number of hydrogen-bond donors (Lipinski definition) is 1. The summed E-state index contributed by atoms with van der Waals surface area (Å²) in [6.07, 6.45) is 0.472. The first kappa shape index (κ1) is 11.4. The van der Waals surface area contributed by atoms with Gasteiger partial charge in [-0.25, -0.2) is 4.79 Å². The first-order valence-corrected chi connectivity index (χ1v) is 4.15. The molecule has 0 spiro atoms. The molecule has 0 heterocycles. The molecule has 1 atom stereocenters. The molecule has 1 N–H and O–H groups in total. The molecule has 0 radical (unpaired) electrons. The fourth-order valence-corrected chi connectivity index (χ4v) is 0.943. The fraction of sp³-hybridized carbons (Fsp3) is 0.889. The van der Waals surface area contributed by atoms with Crippen molar-refractivity contribution in [3.05, 3.63) is 0 Å². The van der Waals surface area contributed by atoms with E-state index in [4.69, 9.17) is 9.84 Å². The first-order chi connectivity index (χ1) is 5.21. The van der Waals surface area contributed by atoms with Crippen LogP contribution in [-0.2, 0) is 9.53 Å². The number of carbonyl (C=O) groups is 1. The van der Waals surface area contributed by atoms with Crippen LogP contribution in [0.2, 0.25) is 0 Å². The molecule has 12 heavy (non-hydrogen) atoms. The molecule has 1 unspecified atom stereocenters. The summed E-state index contributed by atoms with van der Waals surface area (Å²) in [7, 11) is 0. The highest BCUT2D eigenvalue weighted by molar-refractivity contribution is 5.76. The van der Waals surface area contributed by atoms with Crippen LogP contribution in [0, 0.1) is 0 Å². The van der Waals surface area contributed by atoms with E-state index in [0.717, 1.165) is 0 Å². The van der Waals surface area contributed by atoms with Gasteiger partial charge in [-0.1, -0.05) is 6.92 Å². The van der Waals surface area contributed by atoms with E-state index in [1.807, 2.05) is 20.8 Å². The number of aliphatic carboxylic acids is 1. The van der Waals surface area contributed by atoms with E-state index < -0.39 is 17.2 Å². The lowest BCUT2D eigenvalue weighted by Gasteiger charge is -2.32. The zero-order valence-electron chi connectivity index (χ0n) is 8.47. The van der Waals surface area contributed by atoms with Crippen LogP contribution in [0.5, 0.6) is 0 Å². The van der Waals surface area contributed by atoms with Crippen molar-refractivity contribution < 1.29 is 14.6 Å². The Balaban J connectivity index is 4.46. The topological polar surface area (TPSA) is 46.5 Å². The second-order valence-electron chi connectivity index (χ2n) is 4.10. The minimum absolute atomic E-state index is 0.414. The molecular formula is C9H18O3. The van der Waals surface area contributed by atoms with E-state index in [9.17, 15) is 4.79 Å². The maximum atomic E-state index is 10.8. The lowest BCUT2D eigenvalue weighted by atomic mass is 10.0. The molecule has 0 aromatic heterocycles. The van der Waals surface area contributed by atoms with Gasteiger partial charge in [0.1, 0.15) is 0 Å². The summed E-state index contributed by atoms with van der Waals surface area (Å²) in [4.78, 5) is 10.8. The van der Waals surface area contributed by atoms with Crippen molar-refractivity contribution in [3.63, 3.8) is 0 Å². The van der Waals surface area contributed by atoms with Crippen molar-refractivity contribution in [2.24, 2.45) is 0 Å². The third-order valence-corrected chi connectivity index (χ3v) is 1.66. The minimum Gasteiger partial charge on any atom is -0.479 e. The second kappa shape index (κ2) is 3.44. The van der Waals surface area contributed by atoms with Crippen LogP contribution in [-0.4, -0.2) is 22.3 Å². The standard InChI is InChI=1S/C9H18O3/c1-6-9(5,7(10)11)12-8(2,3)4/h6H2,1-5H3,(H,10,11). The molecule has 0 bridgehead atoms. The summed E-state index contributed by atoms with van der Waals surface area (Å²) >= 11 is 0. The Morgan fingerprint density at radius 3 is 1.83 bits per heavy atom. The third-order valence-electron chi connectivity index (χ3n) is 1.66. The molecule has 0 aliphatic carbocycles. The van der Waals surface area contributed by atoms with Gasteiger partial charge in [-0.15, -0.1) is 0 Å². The highest BCUT2D eigenvalue weighted by atomic mass is 16.5. The van der Waals surface area contributed by atoms with E-state index >= 15 is 0 Å². The van der Waals surface area contributed by atoms with Crippen LogP contribution in [0.4, 0.5) is 0 Å². The molecule has 0 aliphatic rings. The van der Waals surface area contributed by atoms with Crippen molar-refractivity contribution in [1.82, 2.24) is 0 Å². The number of hydrogen-bond acceptors (Lipinski definition) is 2. The monoisotopic (exact) mass is 174 g/mol. The second-order valence-corrected chi connectivity index (χ2v) is 4.10. The van der Waals surface area contributed by atoms with Gasteiger partial charge in [-0.05, 0) is 34.1 Å². The van der Waals surface area contributed by atoms with Crippen LogP contribution >= 0.6 is 0 Å². The van der Waals surface area contributed by atoms with Crippen LogP contribution in [0.25, 0.3) is 0 Å². The van der Waals surface area contributed by atoms with E-state index in [1.54, 1.807) is 13.8 Å². The number of carboxylic acids is 1. The predicted molar refractivity (Wildman–Crippen MR) is 47.2 cm³/mol. The van der Waals surface area contributed by atoms with Gasteiger partial charge >= 0.3 is 5.97 Å². The molecule has 3 heteroatoms. The van der Waals surface area contributed by atoms with Crippen molar-refractivity contribution >= 4 is 5.97 Å². The normalized spacial score (nSPS) is 17.1. The summed E-state index contributed by atoms with van der Waals surface area (Å²) in [5.74, 6) is -0.903. The molecule has 0 saturated carbocycles. The molecule has 0 rings (SSSR count). The van der Waals surface area contributed by atoms with E-state index in [0.29, 0.717) is 6.42 Å². The molecule has 0 saturated heterocycles. The molecule has 3 nitrogen and oxygen atoms in total. The Morgan fingerprint density at radius 1 is 1.33 bits per heavy atom. The maximum Gasteiger partial charge on any atom is 0.335 e. The van der Waals surface area contributed by atoms with Gasteiger partial charge in [-0.2, -0.15) is 0 Å². The summed E-state index contributed by atoms with van der Waals surface area (Å²) < 4.78 is 5.44. The van der Waals surface area contributed by atoms with Crippen LogP contribution in [0.15, 0.2) is 0 Å². The molecule has 72 valence electrons. The van der Waals surface area contributed by atoms with Gasteiger partial charge in [0.2, 0.25) is 0 Å². The highest BCUT2D eigenvalue weighted by Crippen LogP contribution is 2.23. The predicted octanol–water partition coefficient (Wildman–Crippen LogP) is 2.05. The Labute approximate surface area is 73.7 Å². The van der Waals surface area contributed by atoms with Crippen molar-refractivity contribution in [3.8, 4) is 0 Å². The summed E-state index contributed by atoms with van der Waals surface area (Å²) in [6.45, 7) is 8.96. The van der Waals surface area contributed by atoms with Crippen molar-refractivity contribution in [1.29, 1.82) is 0 Å². The fourth-order valence-electron chi connectivity index (χ4n) is 0.943. The smallest absolute Gasteiger partial charge is 0.335 e. The van der Waals surface area contributed by atoms with Crippen LogP contribution in [0.3, 0.4) is 0 Å². The van der Waals surface area contributed by atoms with Crippen LogP contribution < -0.4 is 0 Å². The van der Waals surface area contributed by atoms with Crippen molar-refractivity contribution in [2.75, 3.05) is 0 Å². The Kier molecular flexibility index (Phi) is 3.27. The van der Waals surface area contributed by atoms with E-state index in [-0.39, 0.29) is 0 Å². The largest absolute Gasteiger partial charge is 0.479 e. The third kappa shape index (κ3) is 3.22. The molecule has 0 aromatic carbocycles. The average Bonchev–Trinajstić information content (AvgIpc) is 1.83. The quantitative estimate of drug-likeness (QED) is 0.712. The number of rotatable bonds is 3. The zero-order chi connectivity index (χ0) is 9.99. The van der Waals surface area contributed by atoms with Gasteiger partial charge in [0.15, 0.2) is 5.60 Å². The number of carboxylic acid groups (broad SMARTS) is 1. The molecule has 0 aromatic rings.